The summed E-state index contributed by atoms with van der Waals surface area (Å²) in [6.45, 7) is 0. The van der Waals surface area contributed by atoms with E-state index in [1.165, 1.54) is 33.0 Å². The van der Waals surface area contributed by atoms with Gasteiger partial charge in [0.15, 0.2) is 11.6 Å². The third-order valence-electron chi connectivity index (χ3n) is 13.2. The van der Waals surface area contributed by atoms with Crippen molar-refractivity contribution < 1.29 is 0 Å². The molecule has 0 radical (unpaired) electrons. The fourth-order valence-corrected chi connectivity index (χ4v) is 9.95. The first-order valence-corrected chi connectivity index (χ1v) is 23.0. The van der Waals surface area contributed by atoms with E-state index in [0.717, 1.165) is 71.9 Å². The Kier molecular flexibility index (Phi) is 9.43. The van der Waals surface area contributed by atoms with Crippen LogP contribution in [-0.2, 0) is 0 Å². The van der Waals surface area contributed by atoms with Gasteiger partial charge < -0.3 is 4.57 Å². The summed E-state index contributed by atoms with van der Waals surface area (Å²) in [6, 6.07) is 88.3. The molecule has 0 saturated carbocycles. The van der Waals surface area contributed by atoms with Crippen LogP contribution in [0, 0.1) is 0 Å². The van der Waals surface area contributed by atoms with Gasteiger partial charge >= 0.3 is 0 Å². The van der Waals surface area contributed by atoms with Gasteiger partial charge in [-0.15, -0.1) is 0 Å². The van der Waals surface area contributed by atoms with E-state index in [2.05, 4.69) is 240 Å². The Hall–Kier alpha value is -9.19. The lowest BCUT2D eigenvalue weighted by Crippen LogP contribution is -2.06. The van der Waals surface area contributed by atoms with E-state index in [4.69, 9.17) is 15.0 Å². The largest absolute Gasteiger partial charge is 0.309 e. The van der Waals surface area contributed by atoms with Crippen LogP contribution in [0.2, 0.25) is 0 Å². The summed E-state index contributed by atoms with van der Waals surface area (Å²) in [7, 11) is 0. The number of hydrogen-bond donors (Lipinski definition) is 0. The number of benzene rings is 10. The van der Waals surface area contributed by atoms with Crippen LogP contribution in [0.4, 0.5) is 0 Å². The molecular weight excluding hydrogens is 827 g/mol. The van der Waals surface area contributed by atoms with Gasteiger partial charge in [-0.1, -0.05) is 206 Å². The van der Waals surface area contributed by atoms with Gasteiger partial charge in [-0.2, -0.15) is 9.97 Å². The zero-order valence-corrected chi connectivity index (χ0v) is 36.9. The lowest BCUT2D eigenvalue weighted by Gasteiger charge is -2.15. The molecule has 0 aliphatic rings. The first-order chi connectivity index (χ1) is 33.7. The first kappa shape index (κ1) is 39.2. The monoisotopic (exact) mass is 867 g/mol. The highest BCUT2D eigenvalue weighted by molar-refractivity contribution is 6.19. The molecule has 3 aromatic heterocycles. The molecular formula is C63H41N5. The Morgan fingerprint density at radius 1 is 0.235 bits per heavy atom. The second-order valence-electron chi connectivity index (χ2n) is 17.2. The molecule has 0 saturated heterocycles. The molecule has 0 amide bonds. The van der Waals surface area contributed by atoms with Crippen molar-refractivity contribution in [2.45, 2.75) is 0 Å². The second kappa shape index (κ2) is 16.4. The molecule has 0 N–H and O–H groups in total. The third kappa shape index (κ3) is 6.76. The van der Waals surface area contributed by atoms with E-state index in [1.54, 1.807) is 0 Å². The molecule has 13 aromatic rings. The Morgan fingerprint density at radius 3 is 1.31 bits per heavy atom. The van der Waals surface area contributed by atoms with Crippen LogP contribution in [0.15, 0.2) is 249 Å². The summed E-state index contributed by atoms with van der Waals surface area (Å²) in [5.41, 5.74) is 16.5. The summed E-state index contributed by atoms with van der Waals surface area (Å²) >= 11 is 0. The third-order valence-corrected chi connectivity index (χ3v) is 13.2. The van der Waals surface area contributed by atoms with Crippen LogP contribution in [-0.4, -0.2) is 24.1 Å². The van der Waals surface area contributed by atoms with Gasteiger partial charge in [0.05, 0.1) is 27.8 Å². The normalized spacial score (nSPS) is 11.5. The maximum absolute atomic E-state index is 5.39. The first-order valence-electron chi connectivity index (χ1n) is 23.0. The minimum atomic E-state index is 0.553. The van der Waals surface area contributed by atoms with Crippen molar-refractivity contribution in [3.05, 3.63) is 249 Å². The molecule has 5 nitrogen and oxygen atoms in total. The minimum absolute atomic E-state index is 0.553. The van der Waals surface area contributed by atoms with Gasteiger partial charge in [-0.25, -0.2) is 4.98 Å². The van der Waals surface area contributed by atoms with Crippen molar-refractivity contribution >= 4 is 43.6 Å². The Labute approximate surface area is 393 Å². The van der Waals surface area contributed by atoms with Crippen LogP contribution < -0.4 is 0 Å². The van der Waals surface area contributed by atoms with E-state index in [9.17, 15) is 0 Å². The van der Waals surface area contributed by atoms with Crippen LogP contribution in [0.25, 0.3) is 123 Å². The summed E-state index contributed by atoms with van der Waals surface area (Å²) < 4.78 is 4.66. The van der Waals surface area contributed by atoms with Crippen molar-refractivity contribution in [3.63, 3.8) is 0 Å². The second-order valence-corrected chi connectivity index (χ2v) is 17.2. The summed E-state index contributed by atoms with van der Waals surface area (Å²) in [5, 5.41) is 4.63. The predicted molar refractivity (Wildman–Crippen MR) is 281 cm³/mol. The average molecular weight is 868 g/mol. The number of aromatic nitrogens is 5. The highest BCUT2D eigenvalue weighted by atomic mass is 15.2. The van der Waals surface area contributed by atoms with Crippen LogP contribution in [0.5, 0.6) is 0 Å². The molecule has 5 heteroatoms. The van der Waals surface area contributed by atoms with Crippen molar-refractivity contribution in [3.8, 4) is 78.9 Å². The maximum atomic E-state index is 5.39. The quantitative estimate of drug-likeness (QED) is 0.153. The van der Waals surface area contributed by atoms with E-state index in [-0.39, 0.29) is 0 Å². The van der Waals surface area contributed by atoms with Gasteiger partial charge in [0.25, 0.3) is 0 Å². The minimum Gasteiger partial charge on any atom is -0.309 e. The molecule has 0 spiro atoms. The molecule has 10 aromatic carbocycles. The van der Waals surface area contributed by atoms with E-state index >= 15 is 0 Å². The van der Waals surface area contributed by atoms with Gasteiger partial charge in [0.1, 0.15) is 0 Å². The molecule has 68 heavy (non-hydrogen) atoms. The van der Waals surface area contributed by atoms with Crippen LogP contribution >= 0.6 is 0 Å². The highest BCUT2D eigenvalue weighted by Gasteiger charge is 2.22. The average Bonchev–Trinajstić information content (AvgIpc) is 3.92. The zero-order valence-electron chi connectivity index (χ0n) is 36.9. The summed E-state index contributed by atoms with van der Waals surface area (Å²) in [4.78, 5) is 15.9. The zero-order chi connectivity index (χ0) is 45.0. The molecule has 0 aliphatic heterocycles. The van der Waals surface area contributed by atoms with Crippen LogP contribution in [0.3, 0.4) is 0 Å². The molecule has 0 atom stereocenters. The van der Waals surface area contributed by atoms with Gasteiger partial charge in [-0.05, 0) is 81.4 Å². The molecule has 13 rings (SSSR count). The summed E-state index contributed by atoms with van der Waals surface area (Å²) in [5.74, 6) is 1.76. The van der Waals surface area contributed by atoms with Gasteiger partial charge in [-0.3, -0.25) is 4.57 Å². The Balaban J connectivity index is 1.02. The SMILES string of the molecule is c1ccc(-c2ccc(-c3ccccc3-n3c4ccccc4c4cc5c6ccccc6n(-c6nc(-c7ccccc7)nc(-c7cccc(-c8cccc(-c9ccccc9)c8)c7)n6)c5cc43)cc2)cc1. The molecule has 0 aliphatic carbocycles. The number of nitrogens with zero attached hydrogens (tertiary/aromatic N) is 5. The molecule has 0 unspecified atom stereocenters. The Morgan fingerprint density at radius 2 is 0.662 bits per heavy atom. The number of fused-ring (bicyclic) bond motifs is 6. The fraction of sp³-hybridized carbons (Fsp3) is 0. The van der Waals surface area contributed by atoms with Crippen molar-refractivity contribution in [2.75, 3.05) is 0 Å². The number of hydrogen-bond acceptors (Lipinski definition) is 3. The molecule has 0 bridgehead atoms. The van der Waals surface area contributed by atoms with Gasteiger partial charge in [0.2, 0.25) is 5.95 Å². The smallest absolute Gasteiger partial charge is 0.238 e. The van der Waals surface area contributed by atoms with Crippen molar-refractivity contribution in [2.24, 2.45) is 0 Å². The lowest BCUT2D eigenvalue weighted by atomic mass is 9.98. The lowest BCUT2D eigenvalue weighted by molar-refractivity contribution is 0.953. The highest BCUT2D eigenvalue weighted by Crippen LogP contribution is 2.42. The Bertz CT molecular complexity index is 4000. The maximum Gasteiger partial charge on any atom is 0.238 e. The summed E-state index contributed by atoms with van der Waals surface area (Å²) in [6.07, 6.45) is 0. The topological polar surface area (TPSA) is 48.5 Å². The fourth-order valence-electron chi connectivity index (χ4n) is 9.95. The molecule has 318 valence electrons. The van der Waals surface area contributed by atoms with E-state index < -0.39 is 0 Å². The number of rotatable bonds is 8. The molecule has 3 heterocycles. The van der Waals surface area contributed by atoms with Gasteiger partial charge in [0, 0.05) is 38.2 Å². The van der Waals surface area contributed by atoms with Crippen molar-refractivity contribution in [1.82, 2.24) is 24.1 Å². The van der Waals surface area contributed by atoms with Crippen LogP contribution in [0.1, 0.15) is 0 Å². The standard InChI is InChI=1S/C63H41N5/c1-4-18-42(19-5-1)44-34-36-45(37-35-44)51-28-10-13-31-56(51)67-57-32-14-11-29-52(57)54-40-55-53-30-12-15-33-58(53)68(60(55)41-59(54)67)63-65-61(46-22-8-3-9-23-46)64-62(66-63)50-27-17-26-49(39-50)48-25-16-24-47(38-48)43-20-6-2-7-21-43/h1-41H. The molecule has 0 fully saturated rings. The number of para-hydroxylation sites is 3. The van der Waals surface area contributed by atoms with Crippen molar-refractivity contribution in [1.29, 1.82) is 0 Å². The van der Waals surface area contributed by atoms with E-state index in [0.29, 0.717) is 17.6 Å². The predicted octanol–water partition coefficient (Wildman–Crippen LogP) is 16.1. The van der Waals surface area contributed by atoms with E-state index in [1.807, 2.05) is 18.2 Å².